The number of thioether (sulfide) groups is 1. The summed E-state index contributed by atoms with van der Waals surface area (Å²) in [6.45, 7) is 2.89. The van der Waals surface area contributed by atoms with E-state index in [1.807, 2.05) is 24.5 Å². The molecule has 1 aliphatic heterocycles. The van der Waals surface area contributed by atoms with Crippen LogP contribution in [0.2, 0.25) is 0 Å². The van der Waals surface area contributed by atoms with E-state index in [0.717, 1.165) is 40.2 Å². The molecule has 1 saturated heterocycles. The molecule has 3 heterocycles. The van der Waals surface area contributed by atoms with Crippen molar-refractivity contribution < 1.29 is 4.39 Å². The molecular weight excluding hydrogens is 397 g/mol. The maximum atomic E-state index is 13.4. The molecule has 0 radical (unpaired) electrons. The Hall–Kier alpha value is -2.64. The van der Waals surface area contributed by atoms with Crippen molar-refractivity contribution >= 4 is 39.5 Å². The van der Waals surface area contributed by atoms with Crippen molar-refractivity contribution in [1.29, 1.82) is 0 Å². The summed E-state index contributed by atoms with van der Waals surface area (Å²) < 4.78 is 15.7. The number of nitrogens with two attached hydrogens (primary N) is 1. The van der Waals surface area contributed by atoms with E-state index < -0.39 is 6.17 Å². The third-order valence-corrected chi connectivity index (χ3v) is 6.42. The molecule has 5 rings (SSSR count). The van der Waals surface area contributed by atoms with Gasteiger partial charge in [0, 0.05) is 25.0 Å². The van der Waals surface area contributed by atoms with Crippen molar-refractivity contribution in [3.63, 3.8) is 0 Å². The van der Waals surface area contributed by atoms with Crippen molar-refractivity contribution in [2.45, 2.75) is 30.8 Å². The summed E-state index contributed by atoms with van der Waals surface area (Å²) in [5.41, 5.74) is 11.3. The first kappa shape index (κ1) is 19.3. The van der Waals surface area contributed by atoms with Gasteiger partial charge < -0.3 is 10.3 Å². The monoisotopic (exact) mass is 421 g/mol. The minimum Gasteiger partial charge on any atom is -0.382 e. The number of pyridine rings is 1. The number of anilines is 1. The number of nitrogens with zero attached hydrogens (tertiary/aromatic N) is 4. The summed E-state index contributed by atoms with van der Waals surface area (Å²) in [7, 11) is 0. The first-order valence-corrected chi connectivity index (χ1v) is 11.4. The van der Waals surface area contributed by atoms with E-state index >= 15 is 0 Å². The van der Waals surface area contributed by atoms with E-state index in [2.05, 4.69) is 44.8 Å². The van der Waals surface area contributed by atoms with E-state index in [-0.39, 0.29) is 0 Å². The molecule has 1 fully saturated rings. The molecule has 7 heteroatoms. The van der Waals surface area contributed by atoms with Crippen LogP contribution in [0.5, 0.6) is 0 Å². The maximum absolute atomic E-state index is 13.4. The van der Waals surface area contributed by atoms with Gasteiger partial charge in [0.1, 0.15) is 11.7 Å². The molecule has 0 amide bonds. The number of aromatic nitrogens is 3. The van der Waals surface area contributed by atoms with Gasteiger partial charge in [-0.05, 0) is 29.9 Å². The highest BCUT2D eigenvalue weighted by Crippen LogP contribution is 2.32. The van der Waals surface area contributed by atoms with Crippen molar-refractivity contribution in [2.24, 2.45) is 0 Å². The van der Waals surface area contributed by atoms with Crippen LogP contribution < -0.4 is 5.73 Å². The van der Waals surface area contributed by atoms with Crippen LogP contribution in [0.1, 0.15) is 17.5 Å². The first-order valence-electron chi connectivity index (χ1n) is 10.1. The zero-order chi connectivity index (χ0) is 20.7. The van der Waals surface area contributed by atoms with Crippen LogP contribution in [0.3, 0.4) is 0 Å². The van der Waals surface area contributed by atoms with Crippen molar-refractivity contribution in [3.8, 4) is 0 Å². The van der Waals surface area contributed by atoms with Gasteiger partial charge in [-0.3, -0.25) is 4.90 Å². The molecule has 1 aliphatic rings. The molecule has 30 heavy (non-hydrogen) atoms. The lowest BCUT2D eigenvalue weighted by atomic mass is 10.1. The fourth-order valence-electron chi connectivity index (χ4n) is 4.26. The fraction of sp³-hybridized carbons (Fsp3) is 0.304. The summed E-state index contributed by atoms with van der Waals surface area (Å²) >= 11 is 1.61. The number of nitrogen functional groups attached to an aromatic ring is 1. The van der Waals surface area contributed by atoms with Crippen LogP contribution in [-0.2, 0) is 13.1 Å². The van der Waals surface area contributed by atoms with Gasteiger partial charge in [-0.2, -0.15) is 0 Å². The van der Waals surface area contributed by atoms with Crippen LogP contribution in [-0.4, -0.2) is 45.0 Å². The lowest BCUT2D eigenvalue weighted by Gasteiger charge is -2.15. The maximum Gasteiger partial charge on any atom is 0.169 e. The van der Waals surface area contributed by atoms with Crippen molar-refractivity contribution in [1.82, 2.24) is 19.4 Å². The number of halogens is 1. The number of alkyl halides is 1. The topological polar surface area (TPSA) is 60.0 Å². The minimum absolute atomic E-state index is 0.463. The van der Waals surface area contributed by atoms with Crippen molar-refractivity contribution in [3.05, 3.63) is 59.7 Å². The number of likely N-dealkylation sites (tertiary alicyclic amines) is 1. The largest absolute Gasteiger partial charge is 0.382 e. The second-order valence-electron chi connectivity index (χ2n) is 7.83. The fourth-order valence-corrected chi connectivity index (χ4v) is 4.82. The number of fused-ring (bicyclic) bond motifs is 3. The number of rotatable bonds is 5. The van der Waals surface area contributed by atoms with Crippen LogP contribution in [0, 0.1) is 0 Å². The zero-order valence-electron chi connectivity index (χ0n) is 16.9. The van der Waals surface area contributed by atoms with E-state index in [0.29, 0.717) is 25.3 Å². The molecule has 2 N–H and O–H groups in total. The average molecular weight is 422 g/mol. The summed E-state index contributed by atoms with van der Waals surface area (Å²) in [5, 5.41) is 1.98. The smallest absolute Gasteiger partial charge is 0.169 e. The molecular formula is C23H24FN5S. The summed E-state index contributed by atoms with van der Waals surface area (Å²) in [4.78, 5) is 11.5. The molecule has 1 atom stereocenters. The normalized spacial score (nSPS) is 17.3. The van der Waals surface area contributed by atoms with Gasteiger partial charge in [-0.25, -0.2) is 14.4 Å². The second kappa shape index (κ2) is 7.89. The van der Waals surface area contributed by atoms with Gasteiger partial charge in [0.25, 0.3) is 0 Å². The molecule has 2 aromatic carbocycles. The number of imidazole rings is 1. The molecule has 0 aliphatic carbocycles. The van der Waals surface area contributed by atoms with Crippen LogP contribution >= 0.6 is 11.8 Å². The third-order valence-electron chi connectivity index (χ3n) is 5.74. The molecule has 2 aromatic heterocycles. The molecule has 0 bridgehead atoms. The van der Waals surface area contributed by atoms with Crippen LogP contribution in [0.4, 0.5) is 10.2 Å². The Morgan fingerprint density at radius 3 is 2.50 bits per heavy atom. The zero-order valence-corrected chi connectivity index (χ0v) is 17.7. The highest BCUT2D eigenvalue weighted by atomic mass is 32.2. The van der Waals surface area contributed by atoms with Gasteiger partial charge in [-0.1, -0.05) is 54.2 Å². The summed E-state index contributed by atoms with van der Waals surface area (Å²) in [6, 6.07) is 16.6. The number of hydrogen-bond donors (Lipinski definition) is 1. The molecule has 0 unspecified atom stereocenters. The Morgan fingerprint density at radius 2 is 1.80 bits per heavy atom. The first-order chi connectivity index (χ1) is 14.6. The average Bonchev–Trinajstić information content (AvgIpc) is 3.33. The number of benzene rings is 2. The van der Waals surface area contributed by atoms with E-state index in [9.17, 15) is 4.39 Å². The number of para-hydroxylation sites is 1. The third kappa shape index (κ3) is 3.52. The van der Waals surface area contributed by atoms with E-state index in [1.165, 1.54) is 11.1 Å². The second-order valence-corrected chi connectivity index (χ2v) is 8.61. The molecule has 154 valence electrons. The predicted octanol–water partition coefficient (Wildman–Crippen LogP) is 4.48. The minimum atomic E-state index is -0.680. The summed E-state index contributed by atoms with van der Waals surface area (Å²) in [5.74, 6) is 0.463. The number of hydrogen-bond acceptors (Lipinski definition) is 5. The Balaban J connectivity index is 1.49. The molecule has 0 saturated carbocycles. The van der Waals surface area contributed by atoms with Gasteiger partial charge in [0.05, 0.1) is 17.6 Å². The van der Waals surface area contributed by atoms with Gasteiger partial charge >= 0.3 is 0 Å². The Bertz CT molecular complexity index is 1200. The highest BCUT2D eigenvalue weighted by Gasteiger charge is 2.21. The highest BCUT2D eigenvalue weighted by molar-refractivity contribution is 7.98. The summed E-state index contributed by atoms with van der Waals surface area (Å²) in [6.07, 6.45) is 2.00. The van der Waals surface area contributed by atoms with Gasteiger partial charge in [-0.15, -0.1) is 0 Å². The van der Waals surface area contributed by atoms with Crippen LogP contribution in [0.15, 0.2) is 53.7 Å². The Labute approximate surface area is 179 Å². The molecule has 0 spiro atoms. The SMILES string of the molecule is CSc1nc2c(N)nc3ccccc3c2n1Cc1ccc(CN2CC[C@H](F)C2)cc1. The van der Waals surface area contributed by atoms with E-state index in [1.54, 1.807) is 11.8 Å². The lowest BCUT2D eigenvalue weighted by Crippen LogP contribution is -2.20. The predicted molar refractivity (Wildman–Crippen MR) is 122 cm³/mol. The van der Waals surface area contributed by atoms with Gasteiger partial charge in [0.2, 0.25) is 0 Å². The van der Waals surface area contributed by atoms with Gasteiger partial charge in [0.15, 0.2) is 11.0 Å². The van der Waals surface area contributed by atoms with E-state index in [4.69, 9.17) is 10.7 Å². The van der Waals surface area contributed by atoms with Crippen molar-refractivity contribution in [2.75, 3.05) is 25.1 Å². The molecule has 5 nitrogen and oxygen atoms in total. The standard InChI is InChI=1S/C23H24FN5S/c1-30-23-27-20-21(18-4-2-3-5-19(18)26-22(20)25)29(23)13-16-8-6-15(7-9-16)12-28-11-10-17(24)14-28/h2-9,17H,10-14H2,1H3,(H2,25,26)/t17-/m0/s1. The molecule has 4 aromatic rings. The Kier molecular flexibility index (Phi) is 5.08. The quantitative estimate of drug-likeness (QED) is 0.482. The lowest BCUT2D eigenvalue weighted by molar-refractivity contribution is 0.282. The van der Waals surface area contributed by atoms with Crippen LogP contribution in [0.25, 0.3) is 21.9 Å². The Morgan fingerprint density at radius 1 is 1.07 bits per heavy atom.